The number of amides is 1. The fraction of sp³-hybridized carbons (Fsp3) is 0.267. The second-order valence-corrected chi connectivity index (χ2v) is 5.33. The monoisotopic (exact) mass is 345 g/mol. The van der Waals surface area contributed by atoms with Gasteiger partial charge in [-0.15, -0.1) is 5.10 Å². The molecular formula is C15H16FN7O2. The van der Waals surface area contributed by atoms with Crippen LogP contribution >= 0.6 is 0 Å². The molecule has 25 heavy (non-hydrogen) atoms. The molecule has 130 valence electrons. The van der Waals surface area contributed by atoms with Crippen LogP contribution in [-0.2, 0) is 6.54 Å². The second kappa shape index (κ2) is 6.67. The Balaban J connectivity index is 1.92. The predicted molar refractivity (Wildman–Crippen MR) is 84.9 cm³/mol. The van der Waals surface area contributed by atoms with Gasteiger partial charge in [-0.1, -0.05) is 0 Å². The fourth-order valence-electron chi connectivity index (χ4n) is 2.54. The van der Waals surface area contributed by atoms with Crippen LogP contribution in [0.5, 0.6) is 5.75 Å². The average molecular weight is 345 g/mol. The van der Waals surface area contributed by atoms with Crippen LogP contribution < -0.4 is 10.1 Å². The molecule has 0 saturated heterocycles. The van der Waals surface area contributed by atoms with E-state index in [2.05, 4.69) is 31.0 Å². The van der Waals surface area contributed by atoms with Crippen molar-refractivity contribution in [3.05, 3.63) is 46.8 Å². The number of carbonyl (C=O) groups excluding carboxylic acids is 1. The van der Waals surface area contributed by atoms with Crippen LogP contribution in [0.3, 0.4) is 0 Å². The molecule has 0 fully saturated rings. The van der Waals surface area contributed by atoms with Gasteiger partial charge in [-0.2, -0.15) is 5.10 Å². The van der Waals surface area contributed by atoms with Crippen LogP contribution in [0.2, 0.25) is 0 Å². The van der Waals surface area contributed by atoms with Gasteiger partial charge in [0.2, 0.25) is 0 Å². The number of methoxy groups -OCH3 is 1. The summed E-state index contributed by atoms with van der Waals surface area (Å²) in [5.41, 5.74) is 2.26. The summed E-state index contributed by atoms with van der Waals surface area (Å²) in [6.07, 6.45) is 1.34. The number of carbonyl (C=O) groups is 1. The Kier molecular flexibility index (Phi) is 4.42. The maximum absolute atomic E-state index is 14.7. The fourth-order valence-corrected chi connectivity index (χ4v) is 2.54. The van der Waals surface area contributed by atoms with Gasteiger partial charge in [0.1, 0.15) is 6.33 Å². The zero-order valence-electron chi connectivity index (χ0n) is 13.9. The Morgan fingerprint density at radius 3 is 2.80 bits per heavy atom. The molecule has 1 aromatic carbocycles. The van der Waals surface area contributed by atoms with Crippen molar-refractivity contribution in [2.24, 2.45) is 0 Å². The average Bonchev–Trinajstić information content (AvgIpc) is 3.23. The summed E-state index contributed by atoms with van der Waals surface area (Å²) in [5, 5.41) is 20.3. The minimum absolute atomic E-state index is 0.0664. The Morgan fingerprint density at radius 2 is 2.20 bits per heavy atom. The normalized spacial score (nSPS) is 10.7. The van der Waals surface area contributed by atoms with E-state index < -0.39 is 5.82 Å². The Hall–Kier alpha value is -3.30. The lowest BCUT2D eigenvalue weighted by atomic mass is 10.1. The van der Waals surface area contributed by atoms with Crippen LogP contribution in [0, 0.1) is 19.7 Å². The number of nitrogens with zero attached hydrogens (tertiary/aromatic N) is 5. The van der Waals surface area contributed by atoms with E-state index in [0.29, 0.717) is 22.6 Å². The van der Waals surface area contributed by atoms with E-state index in [-0.39, 0.29) is 23.8 Å². The number of rotatable bonds is 5. The molecule has 10 heteroatoms. The molecule has 0 atom stereocenters. The number of H-pyrrole nitrogens is 1. The van der Waals surface area contributed by atoms with Gasteiger partial charge in [-0.25, -0.2) is 9.07 Å². The molecule has 0 aliphatic rings. The quantitative estimate of drug-likeness (QED) is 0.716. The van der Waals surface area contributed by atoms with E-state index in [1.54, 1.807) is 19.9 Å². The van der Waals surface area contributed by atoms with Crippen molar-refractivity contribution in [2.45, 2.75) is 20.4 Å². The third-order valence-corrected chi connectivity index (χ3v) is 3.78. The molecule has 2 heterocycles. The highest BCUT2D eigenvalue weighted by atomic mass is 19.1. The summed E-state index contributed by atoms with van der Waals surface area (Å²) in [4.78, 5) is 12.4. The number of ether oxygens (including phenoxy) is 1. The van der Waals surface area contributed by atoms with E-state index in [1.165, 1.54) is 24.2 Å². The molecule has 3 aromatic rings. The van der Waals surface area contributed by atoms with Crippen molar-refractivity contribution < 1.29 is 13.9 Å². The van der Waals surface area contributed by atoms with E-state index in [4.69, 9.17) is 4.74 Å². The van der Waals surface area contributed by atoms with Crippen molar-refractivity contribution in [1.29, 1.82) is 0 Å². The van der Waals surface area contributed by atoms with Gasteiger partial charge >= 0.3 is 0 Å². The predicted octanol–water partition coefficient (Wildman–Crippen LogP) is 1.08. The minimum Gasteiger partial charge on any atom is -0.494 e. The summed E-state index contributed by atoms with van der Waals surface area (Å²) in [5.74, 6) is -0.873. The molecule has 0 unspecified atom stereocenters. The van der Waals surface area contributed by atoms with Gasteiger partial charge in [-0.05, 0) is 36.4 Å². The first-order valence-electron chi connectivity index (χ1n) is 7.41. The topological polar surface area (TPSA) is 111 Å². The molecule has 1 amide bonds. The highest BCUT2D eigenvalue weighted by Crippen LogP contribution is 2.26. The zero-order chi connectivity index (χ0) is 18.0. The summed E-state index contributed by atoms with van der Waals surface area (Å²) in [7, 11) is 1.37. The highest BCUT2D eigenvalue weighted by Gasteiger charge is 2.19. The lowest BCUT2D eigenvalue weighted by Crippen LogP contribution is -2.25. The van der Waals surface area contributed by atoms with Crippen LogP contribution in [0.1, 0.15) is 27.3 Å². The van der Waals surface area contributed by atoms with E-state index >= 15 is 0 Å². The lowest BCUT2D eigenvalue weighted by Gasteiger charge is -2.13. The van der Waals surface area contributed by atoms with E-state index in [1.807, 2.05) is 0 Å². The minimum atomic E-state index is -0.587. The molecule has 0 bridgehead atoms. The molecule has 0 radical (unpaired) electrons. The lowest BCUT2D eigenvalue weighted by molar-refractivity contribution is 0.0949. The standard InChI is InChI=1S/C15H16FN7O2/c1-8-13(9(2)20-19-8)15(24)17-6-10-11(23-7-18-21-22-23)4-5-12(25-3)14(10)16/h4-5,7H,6H2,1-3H3,(H,17,24)(H,19,20). The molecule has 0 aliphatic carbocycles. The van der Waals surface area contributed by atoms with Crippen molar-refractivity contribution >= 4 is 5.91 Å². The third kappa shape index (κ3) is 3.05. The molecule has 0 saturated carbocycles. The van der Waals surface area contributed by atoms with Crippen molar-refractivity contribution in [2.75, 3.05) is 7.11 Å². The van der Waals surface area contributed by atoms with Crippen LogP contribution in [0.25, 0.3) is 5.69 Å². The molecular weight excluding hydrogens is 329 g/mol. The van der Waals surface area contributed by atoms with E-state index in [9.17, 15) is 9.18 Å². The number of halogens is 1. The zero-order valence-corrected chi connectivity index (χ0v) is 13.9. The molecule has 2 N–H and O–H groups in total. The molecule has 3 rings (SSSR count). The van der Waals surface area contributed by atoms with Crippen LogP contribution in [0.4, 0.5) is 4.39 Å². The van der Waals surface area contributed by atoms with E-state index in [0.717, 1.165) is 0 Å². The summed E-state index contributed by atoms with van der Waals surface area (Å²) in [6, 6.07) is 3.09. The molecule has 2 aromatic heterocycles. The Bertz CT molecular complexity index is 885. The molecule has 0 spiro atoms. The first-order valence-corrected chi connectivity index (χ1v) is 7.41. The van der Waals surface area contributed by atoms with Gasteiger partial charge in [0, 0.05) is 17.8 Å². The summed E-state index contributed by atoms with van der Waals surface area (Å²) < 4.78 is 21.0. The Morgan fingerprint density at radius 1 is 1.40 bits per heavy atom. The number of nitrogens with one attached hydrogen (secondary N) is 2. The number of aryl methyl sites for hydroxylation is 2. The Labute approximate surface area is 142 Å². The van der Waals surface area contributed by atoms with Crippen molar-refractivity contribution in [1.82, 2.24) is 35.7 Å². The second-order valence-electron chi connectivity index (χ2n) is 5.33. The van der Waals surface area contributed by atoms with Gasteiger partial charge in [0.05, 0.1) is 24.1 Å². The van der Waals surface area contributed by atoms with Gasteiger partial charge in [0.15, 0.2) is 11.6 Å². The van der Waals surface area contributed by atoms with Crippen molar-refractivity contribution in [3.8, 4) is 11.4 Å². The SMILES string of the molecule is COc1ccc(-n2cnnn2)c(CNC(=O)c2c(C)n[nH]c2C)c1F. The maximum atomic E-state index is 14.7. The third-order valence-electron chi connectivity index (χ3n) is 3.78. The van der Waals surface area contributed by atoms with Crippen molar-refractivity contribution in [3.63, 3.8) is 0 Å². The van der Waals surface area contributed by atoms with Crippen LogP contribution in [0.15, 0.2) is 18.5 Å². The summed E-state index contributed by atoms with van der Waals surface area (Å²) in [6.45, 7) is 3.39. The van der Waals surface area contributed by atoms with Crippen LogP contribution in [-0.4, -0.2) is 43.4 Å². The number of aromatic nitrogens is 6. The largest absolute Gasteiger partial charge is 0.494 e. The molecule has 9 nitrogen and oxygen atoms in total. The van der Waals surface area contributed by atoms with Gasteiger partial charge in [0.25, 0.3) is 5.91 Å². The first-order chi connectivity index (χ1) is 12.0. The number of benzene rings is 1. The number of aromatic amines is 1. The number of hydrogen-bond acceptors (Lipinski definition) is 6. The number of tetrazole rings is 1. The first kappa shape index (κ1) is 16.6. The smallest absolute Gasteiger partial charge is 0.255 e. The number of hydrogen-bond donors (Lipinski definition) is 2. The highest BCUT2D eigenvalue weighted by molar-refractivity contribution is 5.96. The molecule has 0 aliphatic heterocycles. The van der Waals surface area contributed by atoms with Gasteiger partial charge in [-0.3, -0.25) is 9.89 Å². The summed E-state index contributed by atoms with van der Waals surface area (Å²) >= 11 is 0. The van der Waals surface area contributed by atoms with Gasteiger partial charge < -0.3 is 10.1 Å². The maximum Gasteiger partial charge on any atom is 0.255 e.